The standard InChI is InChI=1S/C15H12N2OS2/c1-10-4-2-5-11(8-10)17-14(18)13(16-15(17)19)9-12-6-3-7-20-12/h2-9H,1H3,(H,16,19)/b13-9+. The Balaban J connectivity index is 1.95. The van der Waals surface area contributed by atoms with Gasteiger partial charge in [0.1, 0.15) is 5.70 Å². The number of amides is 1. The SMILES string of the molecule is Cc1cccc(N2C(=O)/C(=C\c3cccs3)NC2=S)c1. The molecule has 1 aliphatic heterocycles. The van der Waals surface area contributed by atoms with Crippen molar-refractivity contribution in [1.82, 2.24) is 5.32 Å². The van der Waals surface area contributed by atoms with Gasteiger partial charge >= 0.3 is 0 Å². The summed E-state index contributed by atoms with van der Waals surface area (Å²) in [7, 11) is 0. The molecule has 2 aromatic rings. The van der Waals surface area contributed by atoms with E-state index in [1.165, 1.54) is 4.90 Å². The highest BCUT2D eigenvalue weighted by atomic mass is 32.1. The molecule has 1 aliphatic rings. The van der Waals surface area contributed by atoms with E-state index in [2.05, 4.69) is 5.32 Å². The molecule has 3 nitrogen and oxygen atoms in total. The molecule has 100 valence electrons. The molecule has 0 aliphatic carbocycles. The van der Waals surface area contributed by atoms with Crippen molar-refractivity contribution in [2.75, 3.05) is 4.90 Å². The van der Waals surface area contributed by atoms with Gasteiger partial charge in [0.2, 0.25) is 0 Å². The van der Waals surface area contributed by atoms with Crippen molar-refractivity contribution in [2.24, 2.45) is 0 Å². The number of hydrogen-bond donors (Lipinski definition) is 1. The van der Waals surface area contributed by atoms with E-state index < -0.39 is 0 Å². The van der Waals surface area contributed by atoms with Gasteiger partial charge in [-0.05, 0) is 54.4 Å². The zero-order chi connectivity index (χ0) is 14.1. The quantitative estimate of drug-likeness (QED) is 0.682. The lowest BCUT2D eigenvalue weighted by atomic mass is 10.2. The lowest BCUT2D eigenvalue weighted by Gasteiger charge is -2.14. The summed E-state index contributed by atoms with van der Waals surface area (Å²) >= 11 is 6.85. The lowest BCUT2D eigenvalue weighted by Crippen LogP contribution is -2.30. The molecule has 0 saturated carbocycles. The number of anilines is 1. The highest BCUT2D eigenvalue weighted by Crippen LogP contribution is 2.24. The molecule has 0 spiro atoms. The molecular formula is C15H12N2OS2. The molecule has 1 N–H and O–H groups in total. The molecule has 1 aromatic carbocycles. The van der Waals surface area contributed by atoms with Crippen LogP contribution in [-0.2, 0) is 4.79 Å². The number of aryl methyl sites for hydroxylation is 1. The van der Waals surface area contributed by atoms with Crippen molar-refractivity contribution in [3.63, 3.8) is 0 Å². The molecule has 2 heterocycles. The van der Waals surface area contributed by atoms with Crippen LogP contribution in [0.3, 0.4) is 0 Å². The summed E-state index contributed by atoms with van der Waals surface area (Å²) in [6, 6.07) is 11.6. The molecule has 0 radical (unpaired) electrons. The van der Waals surface area contributed by atoms with Gasteiger partial charge in [0, 0.05) is 4.88 Å². The molecule has 1 aromatic heterocycles. The molecule has 1 fully saturated rings. The molecule has 3 rings (SSSR count). The maximum atomic E-state index is 12.5. The predicted octanol–water partition coefficient (Wildman–Crippen LogP) is 3.32. The number of carbonyl (C=O) groups is 1. The summed E-state index contributed by atoms with van der Waals surface area (Å²) in [6.45, 7) is 1.99. The number of hydrogen-bond acceptors (Lipinski definition) is 3. The Hall–Kier alpha value is -1.98. The van der Waals surface area contributed by atoms with Crippen LogP contribution in [0.5, 0.6) is 0 Å². The van der Waals surface area contributed by atoms with Crippen LogP contribution in [0, 0.1) is 6.92 Å². The third-order valence-electron chi connectivity index (χ3n) is 2.97. The van der Waals surface area contributed by atoms with E-state index in [0.717, 1.165) is 16.1 Å². The number of benzene rings is 1. The molecule has 5 heteroatoms. The zero-order valence-corrected chi connectivity index (χ0v) is 12.4. The minimum absolute atomic E-state index is 0.117. The Kier molecular flexibility index (Phi) is 3.38. The molecule has 0 atom stereocenters. The first-order chi connectivity index (χ1) is 9.65. The van der Waals surface area contributed by atoms with Crippen LogP contribution in [0.15, 0.2) is 47.5 Å². The molecule has 20 heavy (non-hydrogen) atoms. The predicted molar refractivity (Wildman–Crippen MR) is 86.7 cm³/mol. The van der Waals surface area contributed by atoms with Crippen molar-refractivity contribution in [2.45, 2.75) is 6.92 Å². The van der Waals surface area contributed by atoms with Crippen LogP contribution in [0.4, 0.5) is 5.69 Å². The highest BCUT2D eigenvalue weighted by molar-refractivity contribution is 7.80. The highest BCUT2D eigenvalue weighted by Gasteiger charge is 2.31. The van der Waals surface area contributed by atoms with E-state index >= 15 is 0 Å². The van der Waals surface area contributed by atoms with E-state index in [9.17, 15) is 4.79 Å². The van der Waals surface area contributed by atoms with Crippen molar-refractivity contribution >= 4 is 46.3 Å². The van der Waals surface area contributed by atoms with Gasteiger partial charge in [-0.2, -0.15) is 0 Å². The summed E-state index contributed by atoms with van der Waals surface area (Å²) < 4.78 is 0. The van der Waals surface area contributed by atoms with Crippen molar-refractivity contribution < 1.29 is 4.79 Å². The van der Waals surface area contributed by atoms with Gasteiger partial charge in [0.15, 0.2) is 5.11 Å². The Morgan fingerprint density at radius 2 is 2.15 bits per heavy atom. The van der Waals surface area contributed by atoms with Crippen molar-refractivity contribution in [3.05, 3.63) is 57.9 Å². The number of nitrogens with one attached hydrogen (secondary N) is 1. The normalized spacial score (nSPS) is 16.9. The second kappa shape index (κ2) is 5.19. The van der Waals surface area contributed by atoms with E-state index in [1.54, 1.807) is 11.3 Å². The fourth-order valence-electron chi connectivity index (χ4n) is 2.05. The number of thiophene rings is 1. The Bertz CT molecular complexity index is 704. The minimum atomic E-state index is -0.117. The third kappa shape index (κ3) is 2.37. The van der Waals surface area contributed by atoms with Crippen LogP contribution in [-0.4, -0.2) is 11.0 Å². The topological polar surface area (TPSA) is 32.3 Å². The van der Waals surface area contributed by atoms with Gasteiger partial charge < -0.3 is 5.32 Å². The van der Waals surface area contributed by atoms with Gasteiger partial charge in [-0.3, -0.25) is 9.69 Å². The fourth-order valence-corrected chi connectivity index (χ4v) is 3.01. The molecule has 0 unspecified atom stereocenters. The fraction of sp³-hybridized carbons (Fsp3) is 0.0667. The molecule has 1 saturated heterocycles. The average molecular weight is 300 g/mol. The number of nitrogens with zero attached hydrogens (tertiary/aromatic N) is 1. The summed E-state index contributed by atoms with van der Waals surface area (Å²) in [4.78, 5) is 15.0. The molecular weight excluding hydrogens is 288 g/mol. The van der Waals surface area contributed by atoms with E-state index in [1.807, 2.05) is 54.8 Å². The first-order valence-electron chi connectivity index (χ1n) is 6.12. The van der Waals surface area contributed by atoms with E-state index in [4.69, 9.17) is 12.2 Å². The first kappa shape index (κ1) is 13.0. The third-order valence-corrected chi connectivity index (χ3v) is 4.07. The summed E-state index contributed by atoms with van der Waals surface area (Å²) in [5, 5.41) is 5.38. The van der Waals surface area contributed by atoms with Gasteiger partial charge in [-0.1, -0.05) is 18.2 Å². The number of carbonyl (C=O) groups excluding carboxylic acids is 1. The van der Waals surface area contributed by atoms with Crippen LogP contribution in [0.2, 0.25) is 0 Å². The second-order valence-electron chi connectivity index (χ2n) is 4.48. The van der Waals surface area contributed by atoms with Gasteiger partial charge in [-0.25, -0.2) is 0 Å². The Labute approximate surface area is 126 Å². The number of rotatable bonds is 2. The monoisotopic (exact) mass is 300 g/mol. The van der Waals surface area contributed by atoms with E-state index in [0.29, 0.717) is 10.8 Å². The summed E-state index contributed by atoms with van der Waals surface area (Å²) in [6.07, 6.45) is 1.83. The molecule has 0 bridgehead atoms. The minimum Gasteiger partial charge on any atom is -0.327 e. The Morgan fingerprint density at radius 1 is 1.30 bits per heavy atom. The maximum absolute atomic E-state index is 12.5. The second-order valence-corrected chi connectivity index (χ2v) is 5.85. The van der Waals surface area contributed by atoms with Crippen molar-refractivity contribution in [1.29, 1.82) is 0 Å². The summed E-state index contributed by atoms with van der Waals surface area (Å²) in [5.41, 5.74) is 2.40. The van der Waals surface area contributed by atoms with E-state index in [-0.39, 0.29) is 5.91 Å². The van der Waals surface area contributed by atoms with Crippen LogP contribution >= 0.6 is 23.6 Å². The van der Waals surface area contributed by atoms with Crippen molar-refractivity contribution in [3.8, 4) is 0 Å². The Morgan fingerprint density at radius 3 is 2.85 bits per heavy atom. The van der Waals surface area contributed by atoms with Crippen LogP contribution in [0.25, 0.3) is 6.08 Å². The maximum Gasteiger partial charge on any atom is 0.281 e. The van der Waals surface area contributed by atoms with Gasteiger partial charge in [0.05, 0.1) is 5.69 Å². The van der Waals surface area contributed by atoms with Gasteiger partial charge in [-0.15, -0.1) is 11.3 Å². The zero-order valence-electron chi connectivity index (χ0n) is 10.8. The summed E-state index contributed by atoms with van der Waals surface area (Å²) in [5.74, 6) is -0.117. The first-order valence-corrected chi connectivity index (χ1v) is 7.41. The smallest absolute Gasteiger partial charge is 0.281 e. The average Bonchev–Trinajstić information content (AvgIpc) is 2.99. The largest absolute Gasteiger partial charge is 0.327 e. The molecule has 1 amide bonds. The number of thiocarbonyl (C=S) groups is 1. The van der Waals surface area contributed by atoms with Gasteiger partial charge in [0.25, 0.3) is 5.91 Å². The van der Waals surface area contributed by atoms with Crippen LogP contribution in [0.1, 0.15) is 10.4 Å². The van der Waals surface area contributed by atoms with Crippen LogP contribution < -0.4 is 10.2 Å². The lowest BCUT2D eigenvalue weighted by molar-refractivity contribution is -0.113.